The van der Waals surface area contributed by atoms with Crippen molar-refractivity contribution in [3.8, 4) is 0 Å². The number of nitrogens with zero attached hydrogens (tertiary/aromatic N) is 1. The van der Waals surface area contributed by atoms with Gasteiger partial charge in [-0.3, -0.25) is 4.98 Å². The van der Waals surface area contributed by atoms with E-state index in [-0.39, 0.29) is 0 Å². The van der Waals surface area contributed by atoms with Crippen molar-refractivity contribution in [1.82, 2.24) is 10.3 Å². The zero-order valence-electron chi connectivity index (χ0n) is 7.42. The minimum absolute atomic E-state index is 0.541. The van der Waals surface area contributed by atoms with E-state index in [0.717, 1.165) is 18.0 Å². The van der Waals surface area contributed by atoms with Gasteiger partial charge in [0, 0.05) is 17.5 Å². The lowest BCUT2D eigenvalue weighted by Gasteiger charge is -2.29. The van der Waals surface area contributed by atoms with Crippen molar-refractivity contribution in [2.24, 2.45) is 0 Å². The molecule has 0 atom stereocenters. The molecule has 1 fully saturated rings. The first-order chi connectivity index (χ1) is 6.29. The maximum Gasteiger partial charge on any atom is 0.118 e. The van der Waals surface area contributed by atoms with Crippen molar-refractivity contribution in [3.63, 3.8) is 0 Å². The Morgan fingerprint density at radius 2 is 2.31 bits per heavy atom. The standard InChI is InChI=1S/C9H13FN2S/c10-9(1-3-11-4-2-9)5-8-6-12-7-13-8/h6-7,11H,1-5H2. The van der Waals surface area contributed by atoms with Gasteiger partial charge in [-0.05, 0) is 25.9 Å². The van der Waals surface area contributed by atoms with Gasteiger partial charge < -0.3 is 5.32 Å². The summed E-state index contributed by atoms with van der Waals surface area (Å²) in [6, 6.07) is 0. The Morgan fingerprint density at radius 3 is 2.92 bits per heavy atom. The first-order valence-corrected chi connectivity index (χ1v) is 5.43. The molecule has 0 aliphatic carbocycles. The van der Waals surface area contributed by atoms with Crippen LogP contribution in [0.1, 0.15) is 17.7 Å². The Bertz CT molecular complexity index is 255. The van der Waals surface area contributed by atoms with Crippen LogP contribution in [0.4, 0.5) is 4.39 Å². The second kappa shape index (κ2) is 3.72. The summed E-state index contributed by atoms with van der Waals surface area (Å²) in [6.07, 6.45) is 3.57. The summed E-state index contributed by atoms with van der Waals surface area (Å²) >= 11 is 1.54. The highest BCUT2D eigenvalue weighted by molar-refractivity contribution is 7.09. The van der Waals surface area contributed by atoms with Gasteiger partial charge in [-0.1, -0.05) is 0 Å². The topological polar surface area (TPSA) is 24.9 Å². The number of hydrogen-bond acceptors (Lipinski definition) is 3. The van der Waals surface area contributed by atoms with Gasteiger partial charge in [0.05, 0.1) is 5.51 Å². The van der Waals surface area contributed by atoms with Gasteiger partial charge in [-0.25, -0.2) is 4.39 Å². The van der Waals surface area contributed by atoms with E-state index in [1.165, 1.54) is 0 Å². The van der Waals surface area contributed by atoms with Gasteiger partial charge in [-0.2, -0.15) is 0 Å². The predicted molar refractivity (Wildman–Crippen MR) is 51.8 cm³/mol. The summed E-state index contributed by atoms with van der Waals surface area (Å²) < 4.78 is 14.1. The lowest BCUT2D eigenvalue weighted by molar-refractivity contribution is 0.117. The molecule has 1 aliphatic rings. The molecule has 4 heteroatoms. The predicted octanol–water partition coefficient (Wildman–Crippen LogP) is 1.78. The van der Waals surface area contributed by atoms with Gasteiger partial charge in [0.1, 0.15) is 5.67 Å². The van der Waals surface area contributed by atoms with Crippen molar-refractivity contribution in [3.05, 3.63) is 16.6 Å². The number of rotatable bonds is 2. The second-order valence-corrected chi connectivity index (χ2v) is 4.52. The summed E-state index contributed by atoms with van der Waals surface area (Å²) in [5.41, 5.74) is 0.775. The third-order valence-corrected chi connectivity index (χ3v) is 3.25. The molecule has 72 valence electrons. The SMILES string of the molecule is FC1(Cc2cncs2)CCNCC1. The van der Waals surface area contributed by atoms with Crippen LogP contribution in [0.5, 0.6) is 0 Å². The van der Waals surface area contributed by atoms with Crippen molar-refractivity contribution < 1.29 is 4.39 Å². The smallest absolute Gasteiger partial charge is 0.118 e. The molecule has 0 unspecified atom stereocenters. The Hall–Kier alpha value is -0.480. The highest BCUT2D eigenvalue weighted by Gasteiger charge is 2.32. The Morgan fingerprint density at radius 1 is 1.54 bits per heavy atom. The number of halogens is 1. The van der Waals surface area contributed by atoms with Crippen molar-refractivity contribution >= 4 is 11.3 Å². The lowest BCUT2D eigenvalue weighted by Crippen LogP contribution is -2.39. The zero-order chi connectivity index (χ0) is 9.15. The minimum atomic E-state index is -0.988. The van der Waals surface area contributed by atoms with Crippen LogP contribution < -0.4 is 5.32 Å². The van der Waals surface area contributed by atoms with E-state index in [2.05, 4.69) is 10.3 Å². The minimum Gasteiger partial charge on any atom is -0.316 e. The van der Waals surface area contributed by atoms with Crippen LogP contribution in [0.15, 0.2) is 11.7 Å². The molecule has 0 amide bonds. The van der Waals surface area contributed by atoms with Crippen molar-refractivity contribution in [2.75, 3.05) is 13.1 Å². The molecule has 1 N–H and O–H groups in total. The molecule has 2 nitrogen and oxygen atoms in total. The summed E-state index contributed by atoms with van der Waals surface area (Å²) in [5.74, 6) is 0. The molecule has 1 saturated heterocycles. The van der Waals surface area contributed by atoms with Crippen LogP contribution in [-0.4, -0.2) is 23.7 Å². The molecule has 2 heterocycles. The van der Waals surface area contributed by atoms with E-state index in [1.807, 2.05) is 0 Å². The number of thiazole rings is 1. The molecule has 0 saturated carbocycles. The third-order valence-electron chi connectivity index (χ3n) is 2.47. The van der Waals surface area contributed by atoms with E-state index >= 15 is 0 Å². The van der Waals surface area contributed by atoms with Crippen LogP contribution in [0, 0.1) is 0 Å². The highest BCUT2D eigenvalue weighted by Crippen LogP contribution is 2.28. The average Bonchev–Trinajstić information content (AvgIpc) is 2.57. The van der Waals surface area contributed by atoms with Gasteiger partial charge in [0.2, 0.25) is 0 Å². The molecule has 1 aliphatic heterocycles. The first kappa shape index (κ1) is 9.09. The summed E-state index contributed by atoms with van der Waals surface area (Å²) in [5, 5.41) is 3.17. The fraction of sp³-hybridized carbons (Fsp3) is 0.667. The van der Waals surface area contributed by atoms with Crippen molar-refractivity contribution in [2.45, 2.75) is 24.9 Å². The first-order valence-electron chi connectivity index (χ1n) is 4.56. The van der Waals surface area contributed by atoms with Gasteiger partial charge in [-0.15, -0.1) is 11.3 Å². The molecule has 0 aromatic carbocycles. The fourth-order valence-corrected chi connectivity index (χ4v) is 2.41. The quantitative estimate of drug-likeness (QED) is 0.787. The molecule has 13 heavy (non-hydrogen) atoms. The summed E-state index contributed by atoms with van der Waals surface area (Å²) in [4.78, 5) is 5.01. The van der Waals surface area contributed by atoms with Crippen LogP contribution in [0.25, 0.3) is 0 Å². The van der Waals surface area contributed by atoms with Crippen molar-refractivity contribution in [1.29, 1.82) is 0 Å². The van der Waals surface area contributed by atoms with Crippen LogP contribution >= 0.6 is 11.3 Å². The molecule has 0 radical (unpaired) electrons. The maximum atomic E-state index is 14.1. The van der Waals surface area contributed by atoms with E-state index in [9.17, 15) is 4.39 Å². The van der Waals surface area contributed by atoms with Gasteiger partial charge in [0.15, 0.2) is 0 Å². The molecule has 0 bridgehead atoms. The number of piperidine rings is 1. The normalized spacial score (nSPS) is 21.6. The number of alkyl halides is 1. The number of nitrogens with one attached hydrogen (secondary N) is 1. The van der Waals surface area contributed by atoms with E-state index in [4.69, 9.17) is 0 Å². The zero-order valence-corrected chi connectivity index (χ0v) is 8.24. The number of aromatic nitrogens is 1. The molecular formula is C9H13FN2S. The van der Waals surface area contributed by atoms with E-state index < -0.39 is 5.67 Å². The molecule has 0 spiro atoms. The Labute approximate surface area is 81.2 Å². The van der Waals surface area contributed by atoms with E-state index in [1.54, 1.807) is 23.0 Å². The lowest BCUT2D eigenvalue weighted by atomic mass is 9.91. The van der Waals surface area contributed by atoms with Crippen LogP contribution in [-0.2, 0) is 6.42 Å². The average molecular weight is 200 g/mol. The summed E-state index contributed by atoms with van der Waals surface area (Å²) in [6.45, 7) is 1.60. The van der Waals surface area contributed by atoms with Crippen LogP contribution in [0.3, 0.4) is 0 Å². The third kappa shape index (κ3) is 2.25. The monoisotopic (exact) mass is 200 g/mol. The highest BCUT2D eigenvalue weighted by atomic mass is 32.1. The molecular weight excluding hydrogens is 187 g/mol. The van der Waals surface area contributed by atoms with Gasteiger partial charge in [0.25, 0.3) is 0 Å². The molecule has 1 aromatic rings. The Balaban J connectivity index is 1.99. The van der Waals surface area contributed by atoms with Crippen LogP contribution in [0.2, 0.25) is 0 Å². The fourth-order valence-electron chi connectivity index (χ4n) is 1.69. The summed E-state index contributed by atoms with van der Waals surface area (Å²) in [7, 11) is 0. The largest absolute Gasteiger partial charge is 0.316 e. The molecule has 2 rings (SSSR count). The van der Waals surface area contributed by atoms with E-state index in [0.29, 0.717) is 19.3 Å². The second-order valence-electron chi connectivity index (χ2n) is 3.55. The van der Waals surface area contributed by atoms with Gasteiger partial charge >= 0.3 is 0 Å². The molecule has 1 aromatic heterocycles. The number of hydrogen-bond donors (Lipinski definition) is 1. The Kier molecular flexibility index (Phi) is 2.60. The maximum absolute atomic E-state index is 14.1.